The normalized spacial score (nSPS) is 21.9. The van der Waals surface area contributed by atoms with Gasteiger partial charge in [-0.2, -0.15) is 0 Å². The second-order valence-corrected chi connectivity index (χ2v) is 8.79. The highest BCUT2D eigenvalue weighted by Crippen LogP contribution is 2.43. The van der Waals surface area contributed by atoms with Gasteiger partial charge in [-0.15, -0.1) is 0 Å². The Morgan fingerprint density at radius 3 is 2.48 bits per heavy atom. The zero-order valence-corrected chi connectivity index (χ0v) is 18.8. The third kappa shape index (κ3) is 5.26. The molecule has 1 aromatic carbocycles. The number of hydrogen-bond acceptors (Lipinski definition) is 5. The average Bonchev–Trinajstić information content (AvgIpc) is 3.34. The molecule has 1 saturated heterocycles. The zero-order chi connectivity index (χ0) is 22.4. The van der Waals surface area contributed by atoms with Crippen LogP contribution in [0.3, 0.4) is 0 Å². The van der Waals surface area contributed by atoms with E-state index in [1.54, 1.807) is 31.4 Å². The van der Waals surface area contributed by atoms with Crippen LogP contribution >= 0.6 is 0 Å². The molecule has 0 aromatic heterocycles. The van der Waals surface area contributed by atoms with Crippen LogP contribution in [0.4, 0.5) is 0 Å². The number of amides is 3. The molecular formula is C24H34N2O5. The Morgan fingerprint density at radius 2 is 1.87 bits per heavy atom. The van der Waals surface area contributed by atoms with E-state index < -0.39 is 5.41 Å². The zero-order valence-electron chi connectivity index (χ0n) is 18.8. The second kappa shape index (κ2) is 10.3. The largest absolute Gasteiger partial charge is 0.497 e. The minimum Gasteiger partial charge on any atom is -0.497 e. The van der Waals surface area contributed by atoms with E-state index in [0.29, 0.717) is 30.9 Å². The molecule has 3 amide bonds. The van der Waals surface area contributed by atoms with Crippen LogP contribution in [0.1, 0.15) is 64.4 Å². The molecule has 1 N–H and O–H groups in total. The molecule has 7 nitrogen and oxygen atoms in total. The van der Waals surface area contributed by atoms with Gasteiger partial charge in [0, 0.05) is 32.0 Å². The third-order valence-electron chi connectivity index (χ3n) is 6.24. The summed E-state index contributed by atoms with van der Waals surface area (Å²) in [7, 11) is 1.58. The molecule has 1 aliphatic heterocycles. The molecule has 1 heterocycles. The second-order valence-electron chi connectivity index (χ2n) is 8.79. The fraction of sp³-hybridized carbons (Fsp3) is 0.625. The molecule has 1 atom stereocenters. The van der Waals surface area contributed by atoms with Crippen molar-refractivity contribution in [1.29, 1.82) is 0 Å². The fourth-order valence-corrected chi connectivity index (χ4v) is 4.63. The SMILES string of the molecule is COc1ccc(C2(CC(=O)NCCCOC(C)C)CC(=O)N(C3CCCC3)C2=O)cc1. The van der Waals surface area contributed by atoms with Crippen LogP contribution in [0.2, 0.25) is 0 Å². The van der Waals surface area contributed by atoms with Crippen LogP contribution in [0.5, 0.6) is 5.75 Å². The molecule has 0 bridgehead atoms. The molecule has 1 saturated carbocycles. The first kappa shape index (κ1) is 23.3. The number of methoxy groups -OCH3 is 1. The molecule has 1 aromatic rings. The monoisotopic (exact) mass is 430 g/mol. The van der Waals surface area contributed by atoms with Crippen LogP contribution in [-0.2, 0) is 24.5 Å². The molecule has 170 valence electrons. The topological polar surface area (TPSA) is 84.9 Å². The highest BCUT2D eigenvalue weighted by atomic mass is 16.5. The van der Waals surface area contributed by atoms with Crippen molar-refractivity contribution in [2.75, 3.05) is 20.3 Å². The Bertz CT molecular complexity index is 786. The number of carbonyl (C=O) groups is 3. The predicted molar refractivity (Wildman–Crippen MR) is 117 cm³/mol. The fourth-order valence-electron chi connectivity index (χ4n) is 4.63. The number of benzene rings is 1. The molecule has 2 fully saturated rings. The highest BCUT2D eigenvalue weighted by molar-refractivity contribution is 6.11. The minimum absolute atomic E-state index is 0.0263. The Hall–Kier alpha value is -2.41. The van der Waals surface area contributed by atoms with Crippen LogP contribution in [-0.4, -0.2) is 55.0 Å². The van der Waals surface area contributed by atoms with Gasteiger partial charge in [0.25, 0.3) is 0 Å². The van der Waals surface area contributed by atoms with Crippen molar-refractivity contribution in [2.45, 2.75) is 76.4 Å². The average molecular weight is 431 g/mol. The lowest BCUT2D eigenvalue weighted by molar-refractivity contribution is -0.143. The minimum atomic E-state index is -1.16. The van der Waals surface area contributed by atoms with E-state index in [1.165, 1.54) is 4.90 Å². The van der Waals surface area contributed by atoms with Crippen molar-refractivity contribution in [3.8, 4) is 5.75 Å². The van der Waals surface area contributed by atoms with Crippen molar-refractivity contribution in [1.82, 2.24) is 10.2 Å². The quantitative estimate of drug-likeness (QED) is 0.456. The summed E-state index contributed by atoms with van der Waals surface area (Å²) in [5.74, 6) is 0.0198. The van der Waals surface area contributed by atoms with Gasteiger partial charge in [0.2, 0.25) is 17.7 Å². The summed E-state index contributed by atoms with van der Waals surface area (Å²) < 4.78 is 10.7. The van der Waals surface area contributed by atoms with Gasteiger partial charge in [-0.25, -0.2) is 0 Å². The van der Waals surface area contributed by atoms with Crippen molar-refractivity contribution >= 4 is 17.7 Å². The lowest BCUT2D eigenvalue weighted by Gasteiger charge is -2.29. The van der Waals surface area contributed by atoms with Gasteiger partial charge < -0.3 is 14.8 Å². The molecule has 1 aliphatic carbocycles. The number of carbonyl (C=O) groups excluding carboxylic acids is 3. The van der Waals surface area contributed by atoms with Gasteiger partial charge in [0.1, 0.15) is 5.75 Å². The van der Waals surface area contributed by atoms with Crippen LogP contribution < -0.4 is 10.1 Å². The maximum Gasteiger partial charge on any atom is 0.241 e. The third-order valence-corrected chi connectivity index (χ3v) is 6.24. The first-order chi connectivity index (χ1) is 14.9. The summed E-state index contributed by atoms with van der Waals surface area (Å²) >= 11 is 0. The summed E-state index contributed by atoms with van der Waals surface area (Å²) in [6.45, 7) is 4.97. The lowest BCUT2D eigenvalue weighted by Crippen LogP contribution is -2.45. The molecule has 31 heavy (non-hydrogen) atoms. The van der Waals surface area contributed by atoms with Gasteiger partial charge in [-0.1, -0.05) is 25.0 Å². The Kier molecular flexibility index (Phi) is 7.70. The molecule has 1 unspecified atom stereocenters. The van der Waals surface area contributed by atoms with E-state index in [9.17, 15) is 14.4 Å². The van der Waals surface area contributed by atoms with E-state index in [1.807, 2.05) is 13.8 Å². The van der Waals surface area contributed by atoms with Gasteiger partial charge in [0.15, 0.2) is 0 Å². The number of nitrogens with zero attached hydrogens (tertiary/aromatic N) is 1. The Morgan fingerprint density at radius 1 is 1.19 bits per heavy atom. The van der Waals surface area contributed by atoms with Crippen molar-refractivity contribution < 1.29 is 23.9 Å². The summed E-state index contributed by atoms with van der Waals surface area (Å²) in [5, 5.41) is 2.89. The van der Waals surface area contributed by atoms with E-state index in [-0.39, 0.29) is 42.7 Å². The van der Waals surface area contributed by atoms with Crippen molar-refractivity contribution in [3.05, 3.63) is 29.8 Å². The Balaban J connectivity index is 1.77. The van der Waals surface area contributed by atoms with Crippen molar-refractivity contribution in [3.63, 3.8) is 0 Å². The molecule has 7 heteroatoms. The van der Waals surface area contributed by atoms with E-state index in [2.05, 4.69) is 5.32 Å². The van der Waals surface area contributed by atoms with Crippen LogP contribution in [0, 0.1) is 0 Å². The van der Waals surface area contributed by atoms with E-state index >= 15 is 0 Å². The van der Waals surface area contributed by atoms with Gasteiger partial charge in [-0.05, 0) is 50.8 Å². The molecule has 3 rings (SSSR count). The Labute approximate surface area is 184 Å². The summed E-state index contributed by atoms with van der Waals surface area (Å²) in [6, 6.07) is 7.09. The predicted octanol–water partition coefficient (Wildman–Crippen LogP) is 2.96. The number of imide groups is 1. The smallest absolute Gasteiger partial charge is 0.241 e. The number of nitrogens with one attached hydrogen (secondary N) is 1. The first-order valence-electron chi connectivity index (χ1n) is 11.3. The van der Waals surface area contributed by atoms with Gasteiger partial charge >= 0.3 is 0 Å². The van der Waals surface area contributed by atoms with Crippen LogP contribution in [0.25, 0.3) is 0 Å². The number of ether oxygens (including phenoxy) is 2. The summed E-state index contributed by atoms with van der Waals surface area (Å²) in [5.41, 5.74) is -0.477. The molecular weight excluding hydrogens is 396 g/mol. The summed E-state index contributed by atoms with van der Waals surface area (Å²) in [4.78, 5) is 40.9. The number of rotatable bonds is 10. The van der Waals surface area contributed by atoms with Gasteiger partial charge in [-0.3, -0.25) is 19.3 Å². The maximum absolute atomic E-state index is 13.6. The van der Waals surface area contributed by atoms with E-state index in [0.717, 1.165) is 25.7 Å². The highest BCUT2D eigenvalue weighted by Gasteiger charge is 2.55. The first-order valence-corrected chi connectivity index (χ1v) is 11.3. The van der Waals surface area contributed by atoms with Crippen molar-refractivity contribution in [2.24, 2.45) is 0 Å². The summed E-state index contributed by atoms with van der Waals surface area (Å²) in [6.07, 6.45) is 4.57. The maximum atomic E-state index is 13.6. The standard InChI is InChI=1S/C24H34N2O5/c1-17(2)31-14-6-13-25-21(27)15-24(18-9-11-20(30-3)12-10-18)16-22(28)26(23(24)29)19-7-4-5-8-19/h9-12,17,19H,4-8,13-16H2,1-3H3,(H,25,27). The molecule has 2 aliphatic rings. The number of likely N-dealkylation sites (tertiary alicyclic amines) is 1. The van der Waals surface area contributed by atoms with Gasteiger partial charge in [0.05, 0.1) is 18.6 Å². The molecule has 0 spiro atoms. The number of hydrogen-bond donors (Lipinski definition) is 1. The van der Waals surface area contributed by atoms with Crippen LogP contribution in [0.15, 0.2) is 24.3 Å². The lowest BCUT2D eigenvalue weighted by atomic mass is 9.75. The van der Waals surface area contributed by atoms with E-state index in [4.69, 9.17) is 9.47 Å². The molecule has 0 radical (unpaired) electrons.